The maximum atomic E-state index is 13.5. The Morgan fingerprint density at radius 1 is 0.897 bits per heavy atom. The predicted octanol–water partition coefficient (Wildman–Crippen LogP) is 7.03. The third-order valence-electron chi connectivity index (χ3n) is 6.03. The van der Waals surface area contributed by atoms with Crippen LogP contribution in [-0.2, 0) is 12.7 Å². The molecule has 6 nitrogen and oxygen atoms in total. The molecule has 0 fully saturated rings. The lowest BCUT2D eigenvalue weighted by molar-refractivity contribution is -0.137. The molecule has 1 heterocycles. The second-order valence-corrected chi connectivity index (χ2v) is 9.71. The van der Waals surface area contributed by atoms with Crippen molar-refractivity contribution in [1.82, 2.24) is 15.5 Å². The summed E-state index contributed by atoms with van der Waals surface area (Å²) < 4.78 is 38.9. The fourth-order valence-electron chi connectivity index (χ4n) is 4.04. The minimum Gasteiger partial charge on any atom is -0.478 e. The number of hydrogen-bond acceptors (Lipinski definition) is 4. The first kappa shape index (κ1) is 26.1. The quantitative estimate of drug-likeness (QED) is 0.203. The van der Waals surface area contributed by atoms with E-state index in [1.54, 1.807) is 18.2 Å². The number of carbonyl (C=O) groups is 2. The number of aromatic nitrogens is 2. The van der Waals surface area contributed by atoms with E-state index in [1.165, 1.54) is 24.3 Å². The van der Waals surface area contributed by atoms with Crippen molar-refractivity contribution in [2.75, 3.05) is 0 Å². The molecule has 4 aromatic carbocycles. The van der Waals surface area contributed by atoms with Gasteiger partial charge in [0.2, 0.25) is 0 Å². The number of fused-ring (bicyclic) bond motifs is 1. The van der Waals surface area contributed by atoms with Gasteiger partial charge < -0.3 is 10.4 Å². The molecule has 10 heteroatoms. The average molecular weight is 548 g/mol. The predicted molar refractivity (Wildman–Crippen MR) is 142 cm³/mol. The van der Waals surface area contributed by atoms with Crippen molar-refractivity contribution in [2.24, 2.45) is 0 Å². The molecule has 5 rings (SSSR count). The Kier molecular flexibility index (Phi) is 7.12. The van der Waals surface area contributed by atoms with Gasteiger partial charge in [-0.3, -0.25) is 9.89 Å². The van der Waals surface area contributed by atoms with Crippen LogP contribution in [0.5, 0.6) is 0 Å². The zero-order valence-corrected chi connectivity index (χ0v) is 20.9. The van der Waals surface area contributed by atoms with Crippen LogP contribution in [0.2, 0.25) is 0 Å². The van der Waals surface area contributed by atoms with Crippen LogP contribution >= 0.6 is 11.8 Å². The Bertz CT molecular complexity index is 1650. The zero-order valence-electron chi connectivity index (χ0n) is 20.1. The number of H-pyrrole nitrogens is 1. The first-order valence-corrected chi connectivity index (χ1v) is 12.5. The number of rotatable bonds is 7. The monoisotopic (exact) mass is 547 g/mol. The maximum Gasteiger partial charge on any atom is 0.416 e. The van der Waals surface area contributed by atoms with Gasteiger partial charge in [-0.05, 0) is 65.2 Å². The summed E-state index contributed by atoms with van der Waals surface area (Å²) in [6, 6.07) is 24.1. The molecule has 39 heavy (non-hydrogen) atoms. The van der Waals surface area contributed by atoms with E-state index in [1.807, 2.05) is 36.4 Å². The molecule has 1 amide bonds. The van der Waals surface area contributed by atoms with Gasteiger partial charge in [0.25, 0.3) is 5.91 Å². The van der Waals surface area contributed by atoms with Crippen LogP contribution in [0.15, 0.2) is 101 Å². The number of nitrogens with one attached hydrogen (secondary N) is 2. The Hall–Kier alpha value is -4.57. The largest absolute Gasteiger partial charge is 0.478 e. The molecule has 0 aliphatic heterocycles. The molecule has 0 aliphatic rings. The number of benzene rings is 4. The van der Waals surface area contributed by atoms with Crippen LogP contribution in [-0.4, -0.2) is 27.2 Å². The molecule has 1 aromatic heterocycles. The number of carboxylic acid groups (broad SMARTS) is 1. The number of aromatic carboxylic acids is 1. The second kappa shape index (κ2) is 10.7. The summed E-state index contributed by atoms with van der Waals surface area (Å²) in [7, 11) is 0. The molecule has 0 bridgehead atoms. The third-order valence-corrected chi connectivity index (χ3v) is 7.03. The molecule has 0 spiro atoms. The minimum absolute atomic E-state index is 0.144. The lowest BCUT2D eigenvalue weighted by atomic mass is 10.00. The van der Waals surface area contributed by atoms with Crippen molar-refractivity contribution in [3.8, 4) is 11.1 Å². The highest BCUT2D eigenvalue weighted by Gasteiger charge is 2.30. The molecule has 3 N–H and O–H groups in total. The Morgan fingerprint density at radius 2 is 1.59 bits per heavy atom. The summed E-state index contributed by atoms with van der Waals surface area (Å²) in [4.78, 5) is 25.1. The summed E-state index contributed by atoms with van der Waals surface area (Å²) in [5.41, 5.74) is 2.74. The van der Waals surface area contributed by atoms with Gasteiger partial charge >= 0.3 is 12.1 Å². The number of aromatic amines is 1. The number of carbonyl (C=O) groups excluding carboxylic acids is 1. The third kappa shape index (κ3) is 5.80. The van der Waals surface area contributed by atoms with E-state index in [9.17, 15) is 22.8 Å². The van der Waals surface area contributed by atoms with Crippen LogP contribution in [0.25, 0.3) is 22.0 Å². The highest BCUT2D eigenvalue weighted by Crippen LogP contribution is 2.37. The van der Waals surface area contributed by atoms with Crippen LogP contribution in [0.1, 0.15) is 31.8 Å². The van der Waals surface area contributed by atoms with Crippen LogP contribution in [0.3, 0.4) is 0 Å². The van der Waals surface area contributed by atoms with Crippen molar-refractivity contribution in [3.05, 3.63) is 113 Å². The molecule has 0 saturated carbocycles. The molecule has 5 aromatic rings. The summed E-state index contributed by atoms with van der Waals surface area (Å²) in [6.07, 6.45) is -4.44. The number of nitrogens with zero attached hydrogens (tertiary/aromatic N) is 1. The zero-order chi connectivity index (χ0) is 27.6. The SMILES string of the molecule is O=C(O)c1ccc(CNC(=O)c2cc(-c3ccccc3)cc3[nH]nc(Sc4ccc(C(F)(F)F)cc4)c23)cc1. The first-order chi connectivity index (χ1) is 18.7. The van der Waals surface area contributed by atoms with Crippen molar-refractivity contribution >= 4 is 34.5 Å². The number of carboxylic acids is 1. The van der Waals surface area contributed by atoms with Crippen LogP contribution in [0.4, 0.5) is 13.2 Å². The van der Waals surface area contributed by atoms with Crippen molar-refractivity contribution in [1.29, 1.82) is 0 Å². The molecule has 0 atom stereocenters. The topological polar surface area (TPSA) is 95.1 Å². The maximum absolute atomic E-state index is 13.5. The highest BCUT2D eigenvalue weighted by atomic mass is 32.2. The average Bonchev–Trinajstić information content (AvgIpc) is 3.34. The Balaban J connectivity index is 1.49. The van der Waals surface area contributed by atoms with Crippen LogP contribution in [0, 0.1) is 0 Å². The van der Waals surface area contributed by atoms with E-state index in [-0.39, 0.29) is 18.0 Å². The van der Waals surface area contributed by atoms with Gasteiger partial charge in [0.15, 0.2) is 0 Å². The Labute approximate surface area is 224 Å². The fourth-order valence-corrected chi connectivity index (χ4v) is 4.95. The van der Waals surface area contributed by atoms with E-state index >= 15 is 0 Å². The van der Waals surface area contributed by atoms with Crippen molar-refractivity contribution in [2.45, 2.75) is 22.6 Å². The van der Waals surface area contributed by atoms with Crippen molar-refractivity contribution < 1.29 is 27.9 Å². The molecular formula is C29H20F3N3O3S. The molecule has 0 radical (unpaired) electrons. The lowest BCUT2D eigenvalue weighted by Crippen LogP contribution is -2.23. The van der Waals surface area contributed by atoms with Gasteiger partial charge in [0.1, 0.15) is 5.03 Å². The molecule has 0 saturated heterocycles. The fraction of sp³-hybridized carbons (Fsp3) is 0.0690. The van der Waals surface area contributed by atoms with Crippen molar-refractivity contribution in [3.63, 3.8) is 0 Å². The summed E-state index contributed by atoms with van der Waals surface area (Å²) in [5.74, 6) is -1.42. The van der Waals surface area contributed by atoms with Gasteiger partial charge in [-0.25, -0.2) is 4.79 Å². The smallest absolute Gasteiger partial charge is 0.416 e. The minimum atomic E-state index is -4.44. The second-order valence-electron chi connectivity index (χ2n) is 8.65. The molecule has 196 valence electrons. The van der Waals surface area contributed by atoms with E-state index in [0.29, 0.717) is 26.4 Å². The highest BCUT2D eigenvalue weighted by molar-refractivity contribution is 7.99. The normalized spacial score (nSPS) is 11.5. The summed E-state index contributed by atoms with van der Waals surface area (Å²) in [6.45, 7) is 0.162. The van der Waals surface area contributed by atoms with Crippen LogP contribution < -0.4 is 5.32 Å². The van der Waals surface area contributed by atoms with Gasteiger partial charge in [-0.2, -0.15) is 18.3 Å². The summed E-state index contributed by atoms with van der Waals surface area (Å²) in [5, 5.41) is 20.3. The molecule has 0 aliphatic carbocycles. The van der Waals surface area contributed by atoms with E-state index in [4.69, 9.17) is 5.11 Å². The number of hydrogen-bond donors (Lipinski definition) is 3. The van der Waals surface area contributed by atoms with Gasteiger partial charge in [-0.1, -0.05) is 54.2 Å². The van der Waals surface area contributed by atoms with Gasteiger partial charge in [-0.15, -0.1) is 0 Å². The molecular weight excluding hydrogens is 527 g/mol. The van der Waals surface area contributed by atoms with E-state index in [2.05, 4.69) is 15.5 Å². The van der Waals surface area contributed by atoms with Gasteiger partial charge in [0.05, 0.1) is 22.2 Å². The molecule has 0 unspecified atom stereocenters. The van der Waals surface area contributed by atoms with E-state index in [0.717, 1.165) is 40.6 Å². The standard InChI is InChI=1S/C29H20F3N3O3S/c30-29(31,32)21-10-12-22(13-11-21)39-27-25-23(26(36)33-16-17-6-8-19(9-7-17)28(37)38)14-20(15-24(25)34-35-27)18-4-2-1-3-5-18/h1-15H,16H2,(H,33,36)(H,34,35)(H,37,38). The number of amides is 1. The number of halogens is 3. The number of alkyl halides is 3. The lowest BCUT2D eigenvalue weighted by Gasteiger charge is -2.11. The summed E-state index contributed by atoms with van der Waals surface area (Å²) >= 11 is 1.15. The van der Waals surface area contributed by atoms with Gasteiger partial charge in [0, 0.05) is 16.8 Å². The first-order valence-electron chi connectivity index (χ1n) is 11.7. The Morgan fingerprint density at radius 3 is 2.23 bits per heavy atom. The van der Waals surface area contributed by atoms with E-state index < -0.39 is 17.7 Å².